The fourth-order valence-corrected chi connectivity index (χ4v) is 3.27. The molecule has 1 heterocycles. The summed E-state index contributed by atoms with van der Waals surface area (Å²) in [6.07, 6.45) is 0.819. The number of carbonyl (C=O) groups is 2. The fourth-order valence-electron chi connectivity index (χ4n) is 3.27. The summed E-state index contributed by atoms with van der Waals surface area (Å²) in [7, 11) is 0. The molecule has 0 aromatic heterocycles. The number of nitrogens with one attached hydrogen (secondary N) is 2. The largest absolute Gasteiger partial charge is 0.376 e. The van der Waals surface area contributed by atoms with Crippen molar-refractivity contribution in [1.29, 1.82) is 0 Å². The van der Waals surface area contributed by atoms with Gasteiger partial charge in [-0.05, 0) is 55.2 Å². The Labute approximate surface area is 148 Å². The minimum atomic E-state index is -0.0935. The zero-order valence-electron chi connectivity index (χ0n) is 14.8. The molecule has 3 rings (SSSR count). The molecule has 5 heteroatoms. The highest BCUT2D eigenvalue weighted by atomic mass is 16.2. The van der Waals surface area contributed by atoms with Gasteiger partial charge in [0.15, 0.2) is 0 Å². The van der Waals surface area contributed by atoms with Crippen LogP contribution in [0.4, 0.5) is 17.1 Å². The van der Waals surface area contributed by atoms with Crippen molar-refractivity contribution in [3.8, 4) is 0 Å². The van der Waals surface area contributed by atoms with Crippen molar-refractivity contribution in [2.24, 2.45) is 0 Å². The second-order valence-corrected chi connectivity index (χ2v) is 6.43. The first-order valence-electron chi connectivity index (χ1n) is 8.46. The van der Waals surface area contributed by atoms with Crippen molar-refractivity contribution in [1.82, 2.24) is 0 Å². The van der Waals surface area contributed by atoms with E-state index in [4.69, 9.17) is 0 Å². The number of rotatable bonds is 4. The molecule has 2 aromatic carbocycles. The number of hydrogen-bond donors (Lipinski definition) is 2. The van der Waals surface area contributed by atoms with Crippen molar-refractivity contribution in [2.45, 2.75) is 27.2 Å². The van der Waals surface area contributed by atoms with Crippen LogP contribution < -0.4 is 15.5 Å². The van der Waals surface area contributed by atoms with Crippen molar-refractivity contribution >= 4 is 28.9 Å². The van der Waals surface area contributed by atoms with Gasteiger partial charge in [-0.2, -0.15) is 0 Å². The molecular weight excluding hydrogens is 314 g/mol. The van der Waals surface area contributed by atoms with E-state index in [0.29, 0.717) is 6.54 Å². The quantitative estimate of drug-likeness (QED) is 0.900. The molecule has 0 spiro atoms. The van der Waals surface area contributed by atoms with Gasteiger partial charge in [0.1, 0.15) is 0 Å². The molecule has 2 amide bonds. The van der Waals surface area contributed by atoms with Gasteiger partial charge in [0, 0.05) is 30.5 Å². The molecule has 0 saturated heterocycles. The lowest BCUT2D eigenvalue weighted by molar-refractivity contribution is -0.116. The van der Waals surface area contributed by atoms with E-state index in [2.05, 4.69) is 10.6 Å². The van der Waals surface area contributed by atoms with E-state index >= 15 is 0 Å². The minimum Gasteiger partial charge on any atom is -0.376 e. The first-order valence-corrected chi connectivity index (χ1v) is 8.46. The van der Waals surface area contributed by atoms with Gasteiger partial charge >= 0.3 is 0 Å². The molecular formula is C20H23N3O2. The molecule has 0 bridgehead atoms. The summed E-state index contributed by atoms with van der Waals surface area (Å²) >= 11 is 0. The number of hydrogen-bond acceptors (Lipinski definition) is 3. The SMILES string of the molecule is CC(=O)N1CCc2cc(NC(=O)CNc3c(C)cccc3C)ccc21. The van der Waals surface area contributed by atoms with Crippen LogP contribution >= 0.6 is 0 Å². The monoisotopic (exact) mass is 337 g/mol. The maximum Gasteiger partial charge on any atom is 0.243 e. The molecule has 1 aliphatic heterocycles. The first-order chi connectivity index (χ1) is 12.0. The van der Waals surface area contributed by atoms with E-state index < -0.39 is 0 Å². The van der Waals surface area contributed by atoms with E-state index in [-0.39, 0.29) is 18.4 Å². The molecule has 130 valence electrons. The van der Waals surface area contributed by atoms with Gasteiger partial charge in [0.2, 0.25) is 11.8 Å². The third-order valence-electron chi connectivity index (χ3n) is 4.55. The Morgan fingerprint density at radius 3 is 2.52 bits per heavy atom. The predicted molar refractivity (Wildman–Crippen MR) is 101 cm³/mol. The third-order valence-corrected chi connectivity index (χ3v) is 4.55. The fraction of sp³-hybridized carbons (Fsp3) is 0.300. The summed E-state index contributed by atoms with van der Waals surface area (Å²) in [4.78, 5) is 25.6. The summed E-state index contributed by atoms with van der Waals surface area (Å²) < 4.78 is 0. The van der Waals surface area contributed by atoms with Crippen molar-refractivity contribution in [3.63, 3.8) is 0 Å². The number of carbonyl (C=O) groups excluding carboxylic acids is 2. The summed E-state index contributed by atoms with van der Waals surface area (Å²) in [6, 6.07) is 11.7. The van der Waals surface area contributed by atoms with E-state index in [9.17, 15) is 9.59 Å². The second-order valence-electron chi connectivity index (χ2n) is 6.43. The normalized spacial score (nSPS) is 12.7. The van der Waals surface area contributed by atoms with Crippen LogP contribution in [0.3, 0.4) is 0 Å². The molecule has 0 atom stereocenters. The Hall–Kier alpha value is -2.82. The van der Waals surface area contributed by atoms with Gasteiger partial charge in [-0.25, -0.2) is 0 Å². The number of benzene rings is 2. The lowest BCUT2D eigenvalue weighted by Crippen LogP contribution is -2.25. The van der Waals surface area contributed by atoms with Crippen LogP contribution in [0.25, 0.3) is 0 Å². The van der Waals surface area contributed by atoms with Gasteiger partial charge in [-0.3, -0.25) is 9.59 Å². The molecule has 1 aliphatic rings. The Kier molecular flexibility index (Phi) is 4.74. The standard InChI is InChI=1S/C20H23N3O2/c1-13-5-4-6-14(2)20(13)21-12-19(25)22-17-7-8-18-16(11-17)9-10-23(18)15(3)24/h4-8,11,21H,9-10,12H2,1-3H3,(H,22,25). The lowest BCUT2D eigenvalue weighted by Gasteiger charge is -2.15. The van der Waals surface area contributed by atoms with Gasteiger partial charge in [0.25, 0.3) is 0 Å². The van der Waals surface area contributed by atoms with E-state index in [0.717, 1.165) is 40.2 Å². The average molecular weight is 337 g/mol. The van der Waals surface area contributed by atoms with E-state index in [1.54, 1.807) is 11.8 Å². The Balaban J connectivity index is 1.63. The Morgan fingerprint density at radius 2 is 1.84 bits per heavy atom. The smallest absolute Gasteiger partial charge is 0.243 e. The predicted octanol–water partition coefficient (Wildman–Crippen LogP) is 3.26. The van der Waals surface area contributed by atoms with Crippen LogP contribution in [0.5, 0.6) is 0 Å². The number of nitrogens with zero attached hydrogens (tertiary/aromatic N) is 1. The van der Waals surface area contributed by atoms with Crippen molar-refractivity contribution in [3.05, 3.63) is 53.1 Å². The topological polar surface area (TPSA) is 61.4 Å². The summed E-state index contributed by atoms with van der Waals surface area (Å²) in [5, 5.41) is 6.13. The first kappa shape index (κ1) is 17.0. The zero-order chi connectivity index (χ0) is 18.0. The maximum absolute atomic E-state index is 12.2. The van der Waals surface area contributed by atoms with Crippen LogP contribution in [-0.4, -0.2) is 24.9 Å². The van der Waals surface area contributed by atoms with Crippen molar-refractivity contribution < 1.29 is 9.59 Å². The third kappa shape index (κ3) is 3.65. The summed E-state index contributed by atoms with van der Waals surface area (Å²) in [5.41, 5.74) is 6.04. The number of para-hydroxylation sites is 1. The highest BCUT2D eigenvalue weighted by Gasteiger charge is 2.22. The highest BCUT2D eigenvalue weighted by Crippen LogP contribution is 2.30. The minimum absolute atomic E-state index is 0.0494. The summed E-state index contributed by atoms with van der Waals surface area (Å²) in [5.74, 6) is -0.0441. The number of anilines is 3. The van der Waals surface area contributed by atoms with Crippen LogP contribution in [0.15, 0.2) is 36.4 Å². The molecule has 25 heavy (non-hydrogen) atoms. The van der Waals surface area contributed by atoms with Gasteiger partial charge in [-0.1, -0.05) is 18.2 Å². The van der Waals surface area contributed by atoms with Gasteiger partial charge < -0.3 is 15.5 Å². The number of fused-ring (bicyclic) bond motifs is 1. The summed E-state index contributed by atoms with van der Waals surface area (Å²) in [6.45, 7) is 6.53. The van der Waals surface area contributed by atoms with Crippen LogP contribution in [0.1, 0.15) is 23.6 Å². The van der Waals surface area contributed by atoms with Crippen LogP contribution in [-0.2, 0) is 16.0 Å². The Morgan fingerprint density at radius 1 is 1.12 bits per heavy atom. The molecule has 2 aromatic rings. The van der Waals surface area contributed by atoms with Crippen LogP contribution in [0, 0.1) is 13.8 Å². The van der Waals surface area contributed by atoms with E-state index in [1.165, 1.54) is 0 Å². The van der Waals surface area contributed by atoms with Gasteiger partial charge in [-0.15, -0.1) is 0 Å². The molecule has 0 unspecified atom stereocenters. The molecule has 2 N–H and O–H groups in total. The molecule has 0 saturated carbocycles. The second kappa shape index (κ2) is 6.97. The average Bonchev–Trinajstić information content (AvgIpc) is 2.97. The molecule has 0 radical (unpaired) electrons. The molecule has 0 aliphatic carbocycles. The maximum atomic E-state index is 12.2. The Bertz CT molecular complexity index is 809. The lowest BCUT2D eigenvalue weighted by atomic mass is 10.1. The number of aryl methyl sites for hydroxylation is 2. The van der Waals surface area contributed by atoms with Gasteiger partial charge in [0.05, 0.1) is 6.54 Å². The van der Waals surface area contributed by atoms with Crippen molar-refractivity contribution in [2.75, 3.05) is 28.6 Å². The number of amides is 2. The van der Waals surface area contributed by atoms with E-state index in [1.807, 2.05) is 50.2 Å². The molecule has 0 fully saturated rings. The highest BCUT2D eigenvalue weighted by molar-refractivity contribution is 5.96. The molecule has 5 nitrogen and oxygen atoms in total. The zero-order valence-corrected chi connectivity index (χ0v) is 14.8. The van der Waals surface area contributed by atoms with Crippen LogP contribution in [0.2, 0.25) is 0 Å².